The molecule has 0 aliphatic carbocycles. The van der Waals surface area contributed by atoms with Gasteiger partial charge in [-0.3, -0.25) is 14.4 Å². The van der Waals surface area contributed by atoms with E-state index in [1.54, 1.807) is 6.07 Å². The van der Waals surface area contributed by atoms with Crippen molar-refractivity contribution in [2.75, 3.05) is 7.11 Å². The standard InChI is InChI=1S/C11H14N2O4/c1-7(14)12-6-8-3-4-9(10(15)5-8)11(16)13-17-2/h3-5,15H,6H2,1-2H3,(H,12,14)(H,13,16). The van der Waals surface area contributed by atoms with Gasteiger partial charge in [0, 0.05) is 13.5 Å². The zero-order valence-electron chi connectivity index (χ0n) is 9.61. The normalized spacial score (nSPS) is 9.76. The Balaban J connectivity index is 2.79. The molecule has 0 spiro atoms. The third kappa shape index (κ3) is 3.76. The van der Waals surface area contributed by atoms with Crippen molar-refractivity contribution in [2.45, 2.75) is 13.5 Å². The molecule has 0 aromatic heterocycles. The van der Waals surface area contributed by atoms with Gasteiger partial charge in [-0.2, -0.15) is 0 Å². The maximum Gasteiger partial charge on any atom is 0.278 e. The summed E-state index contributed by atoms with van der Waals surface area (Å²) in [6.07, 6.45) is 0. The number of phenolic OH excluding ortho intramolecular Hbond substituents is 1. The molecule has 0 heterocycles. The number of rotatable bonds is 4. The van der Waals surface area contributed by atoms with Crippen LogP contribution < -0.4 is 10.8 Å². The summed E-state index contributed by atoms with van der Waals surface area (Å²) >= 11 is 0. The molecular weight excluding hydrogens is 224 g/mol. The van der Waals surface area contributed by atoms with Crippen molar-refractivity contribution < 1.29 is 19.5 Å². The third-order valence-corrected chi connectivity index (χ3v) is 2.04. The van der Waals surface area contributed by atoms with Gasteiger partial charge in [-0.1, -0.05) is 6.07 Å². The molecule has 1 rings (SSSR count). The van der Waals surface area contributed by atoms with E-state index in [0.29, 0.717) is 12.1 Å². The van der Waals surface area contributed by atoms with E-state index in [9.17, 15) is 14.7 Å². The number of benzene rings is 1. The van der Waals surface area contributed by atoms with Gasteiger partial charge in [-0.05, 0) is 17.7 Å². The van der Waals surface area contributed by atoms with Gasteiger partial charge in [0.15, 0.2) is 0 Å². The van der Waals surface area contributed by atoms with E-state index in [-0.39, 0.29) is 17.2 Å². The molecule has 17 heavy (non-hydrogen) atoms. The molecule has 6 heteroatoms. The quantitative estimate of drug-likeness (QED) is 0.659. The first-order valence-electron chi connectivity index (χ1n) is 4.94. The molecule has 0 saturated carbocycles. The molecule has 0 aliphatic rings. The van der Waals surface area contributed by atoms with Crippen LogP contribution in [0.3, 0.4) is 0 Å². The molecule has 0 atom stereocenters. The largest absolute Gasteiger partial charge is 0.507 e. The molecular formula is C11H14N2O4. The fourth-order valence-corrected chi connectivity index (χ4v) is 1.25. The first-order chi connectivity index (χ1) is 8.04. The molecule has 2 amide bonds. The van der Waals surface area contributed by atoms with E-state index in [2.05, 4.69) is 15.6 Å². The van der Waals surface area contributed by atoms with Crippen molar-refractivity contribution in [3.63, 3.8) is 0 Å². The van der Waals surface area contributed by atoms with E-state index in [1.165, 1.54) is 26.2 Å². The van der Waals surface area contributed by atoms with Crippen molar-refractivity contribution in [2.24, 2.45) is 0 Å². The highest BCUT2D eigenvalue weighted by molar-refractivity contribution is 5.96. The lowest BCUT2D eigenvalue weighted by Crippen LogP contribution is -2.22. The van der Waals surface area contributed by atoms with Crippen LogP contribution in [-0.4, -0.2) is 24.0 Å². The van der Waals surface area contributed by atoms with E-state index in [0.717, 1.165) is 0 Å². The summed E-state index contributed by atoms with van der Waals surface area (Å²) in [5.74, 6) is -0.857. The number of hydroxylamine groups is 1. The second-order valence-corrected chi connectivity index (χ2v) is 3.40. The van der Waals surface area contributed by atoms with Crippen LogP contribution in [0, 0.1) is 0 Å². The number of hydrogen-bond acceptors (Lipinski definition) is 4. The van der Waals surface area contributed by atoms with Gasteiger partial charge < -0.3 is 10.4 Å². The average molecular weight is 238 g/mol. The van der Waals surface area contributed by atoms with Gasteiger partial charge in [0.1, 0.15) is 5.75 Å². The molecule has 1 aromatic carbocycles. The van der Waals surface area contributed by atoms with Crippen LogP contribution in [0.5, 0.6) is 5.75 Å². The fourth-order valence-electron chi connectivity index (χ4n) is 1.25. The topological polar surface area (TPSA) is 87.7 Å². The van der Waals surface area contributed by atoms with Crippen molar-refractivity contribution >= 4 is 11.8 Å². The maximum absolute atomic E-state index is 11.4. The number of carbonyl (C=O) groups excluding carboxylic acids is 2. The van der Waals surface area contributed by atoms with Crippen LogP contribution >= 0.6 is 0 Å². The lowest BCUT2D eigenvalue weighted by molar-refractivity contribution is -0.119. The zero-order chi connectivity index (χ0) is 12.8. The molecule has 0 fully saturated rings. The van der Waals surface area contributed by atoms with Gasteiger partial charge in [0.25, 0.3) is 5.91 Å². The highest BCUT2D eigenvalue weighted by Gasteiger charge is 2.11. The van der Waals surface area contributed by atoms with Crippen molar-refractivity contribution in [1.29, 1.82) is 0 Å². The Morgan fingerprint density at radius 2 is 2.12 bits per heavy atom. The summed E-state index contributed by atoms with van der Waals surface area (Å²) < 4.78 is 0. The molecule has 1 aromatic rings. The van der Waals surface area contributed by atoms with Crippen LogP contribution in [0.4, 0.5) is 0 Å². The number of hydrogen-bond donors (Lipinski definition) is 3. The number of carbonyl (C=O) groups is 2. The second-order valence-electron chi connectivity index (χ2n) is 3.40. The van der Waals surface area contributed by atoms with E-state index < -0.39 is 5.91 Å². The minimum absolute atomic E-state index is 0.110. The van der Waals surface area contributed by atoms with Gasteiger partial charge in [-0.15, -0.1) is 0 Å². The summed E-state index contributed by atoms with van der Waals surface area (Å²) in [7, 11) is 1.31. The Hall–Kier alpha value is -2.08. The monoisotopic (exact) mass is 238 g/mol. The summed E-state index contributed by atoms with van der Waals surface area (Å²) in [6, 6.07) is 4.52. The van der Waals surface area contributed by atoms with Gasteiger partial charge in [0.2, 0.25) is 5.91 Å². The first-order valence-corrected chi connectivity index (χ1v) is 4.94. The molecule has 0 radical (unpaired) electrons. The lowest BCUT2D eigenvalue weighted by atomic mass is 10.1. The third-order valence-electron chi connectivity index (χ3n) is 2.04. The summed E-state index contributed by atoms with van der Waals surface area (Å²) in [6.45, 7) is 1.70. The molecule has 0 saturated heterocycles. The van der Waals surface area contributed by atoms with E-state index in [1.807, 2.05) is 0 Å². The molecule has 6 nitrogen and oxygen atoms in total. The van der Waals surface area contributed by atoms with Crippen molar-refractivity contribution in [3.8, 4) is 5.75 Å². The van der Waals surface area contributed by atoms with Crippen LogP contribution in [0.2, 0.25) is 0 Å². The fraction of sp³-hybridized carbons (Fsp3) is 0.273. The zero-order valence-corrected chi connectivity index (χ0v) is 9.61. The molecule has 0 unspecified atom stereocenters. The molecule has 0 bridgehead atoms. The smallest absolute Gasteiger partial charge is 0.278 e. The highest BCUT2D eigenvalue weighted by Crippen LogP contribution is 2.18. The molecule has 3 N–H and O–H groups in total. The number of nitrogens with one attached hydrogen (secondary N) is 2. The van der Waals surface area contributed by atoms with Gasteiger partial charge >= 0.3 is 0 Å². The number of phenols is 1. The van der Waals surface area contributed by atoms with Crippen molar-refractivity contribution in [1.82, 2.24) is 10.8 Å². The Labute approximate surface area is 98.5 Å². The Kier molecular flexibility index (Phi) is 4.47. The predicted molar refractivity (Wildman–Crippen MR) is 60.1 cm³/mol. The van der Waals surface area contributed by atoms with Crippen LogP contribution in [-0.2, 0) is 16.2 Å². The van der Waals surface area contributed by atoms with E-state index >= 15 is 0 Å². The SMILES string of the molecule is CONC(=O)c1ccc(CNC(C)=O)cc1O. The minimum atomic E-state index is -0.531. The molecule has 92 valence electrons. The van der Waals surface area contributed by atoms with Crippen LogP contribution in [0.1, 0.15) is 22.8 Å². The van der Waals surface area contributed by atoms with Crippen LogP contribution in [0.15, 0.2) is 18.2 Å². The molecule has 0 aliphatic heterocycles. The predicted octanol–water partition coefficient (Wildman–Crippen LogP) is 0.319. The lowest BCUT2D eigenvalue weighted by Gasteiger charge is -2.07. The maximum atomic E-state index is 11.4. The Morgan fingerprint density at radius 3 is 2.65 bits per heavy atom. The Morgan fingerprint density at radius 1 is 1.41 bits per heavy atom. The first kappa shape index (κ1) is 13.0. The minimum Gasteiger partial charge on any atom is -0.507 e. The Bertz CT molecular complexity index is 431. The summed E-state index contributed by atoms with van der Waals surface area (Å²) in [5.41, 5.74) is 2.91. The average Bonchev–Trinajstić information content (AvgIpc) is 2.26. The highest BCUT2D eigenvalue weighted by atomic mass is 16.6. The van der Waals surface area contributed by atoms with E-state index in [4.69, 9.17) is 0 Å². The van der Waals surface area contributed by atoms with Gasteiger partial charge in [0.05, 0.1) is 12.7 Å². The second kappa shape index (κ2) is 5.86. The van der Waals surface area contributed by atoms with Gasteiger partial charge in [-0.25, -0.2) is 5.48 Å². The van der Waals surface area contributed by atoms with Crippen molar-refractivity contribution in [3.05, 3.63) is 29.3 Å². The summed E-state index contributed by atoms with van der Waals surface area (Å²) in [5, 5.41) is 12.2. The van der Waals surface area contributed by atoms with Crippen LogP contribution in [0.25, 0.3) is 0 Å². The number of aromatic hydroxyl groups is 1. The number of amides is 2. The summed E-state index contributed by atoms with van der Waals surface area (Å²) in [4.78, 5) is 26.5.